The highest BCUT2D eigenvalue weighted by molar-refractivity contribution is 6.08. The number of aromatic hydroxyl groups is 4. The predicted octanol–water partition coefficient (Wildman–Crippen LogP) is 3.11. The molecule has 3 aromatic carbocycles. The van der Waals surface area contributed by atoms with Gasteiger partial charge in [-0.2, -0.15) is 0 Å². The van der Waals surface area contributed by atoms with E-state index in [9.17, 15) is 30.6 Å². The van der Waals surface area contributed by atoms with Gasteiger partial charge >= 0.3 is 0 Å². The van der Waals surface area contributed by atoms with Crippen LogP contribution >= 0.6 is 0 Å². The molecule has 0 saturated carbocycles. The van der Waals surface area contributed by atoms with Gasteiger partial charge in [0.05, 0.1) is 47.2 Å². The molecule has 5 aromatic rings. The molecule has 8 nitrogen and oxygen atoms in total. The average Bonchev–Trinajstić information content (AvgIpc) is 3.25. The SMILES string of the molecule is OC=c1c2c(O)n(Cc3ccccc3)c(O)c2c(=CO)c2c(O)n(Cc3ccccc3)c(O)c12. The molecule has 8 heteroatoms. The lowest BCUT2D eigenvalue weighted by Gasteiger charge is -2.07. The first-order valence-corrected chi connectivity index (χ1v) is 10.5. The minimum Gasteiger partial charge on any atom is -0.515 e. The molecule has 0 atom stereocenters. The molecule has 6 N–H and O–H groups in total. The van der Waals surface area contributed by atoms with Crippen LogP contribution in [-0.2, 0) is 13.1 Å². The smallest absolute Gasteiger partial charge is 0.203 e. The van der Waals surface area contributed by atoms with E-state index in [0.717, 1.165) is 11.1 Å². The fraction of sp³-hybridized carbons (Fsp3) is 0.0769. The minimum absolute atomic E-state index is 0.00479. The van der Waals surface area contributed by atoms with Gasteiger partial charge in [0.2, 0.25) is 23.5 Å². The zero-order chi connectivity index (χ0) is 24.0. The number of benzene rings is 3. The third-order valence-corrected chi connectivity index (χ3v) is 6.12. The van der Waals surface area contributed by atoms with Crippen molar-refractivity contribution >= 4 is 34.1 Å². The molecule has 0 aliphatic rings. The summed E-state index contributed by atoms with van der Waals surface area (Å²) in [4.78, 5) is 0. The fourth-order valence-corrected chi connectivity index (χ4v) is 4.55. The second-order valence-electron chi connectivity index (χ2n) is 8.02. The van der Waals surface area contributed by atoms with Gasteiger partial charge in [0, 0.05) is 10.4 Å². The van der Waals surface area contributed by atoms with Crippen LogP contribution in [0.4, 0.5) is 0 Å². The lowest BCUT2D eigenvalue weighted by molar-refractivity contribution is 0.380. The summed E-state index contributed by atoms with van der Waals surface area (Å²) in [6.45, 7) is 0.220. The summed E-state index contributed by atoms with van der Waals surface area (Å²) < 4.78 is 2.45. The zero-order valence-corrected chi connectivity index (χ0v) is 17.9. The topological polar surface area (TPSA) is 131 Å². The van der Waals surface area contributed by atoms with E-state index >= 15 is 0 Å². The normalized spacial score (nSPS) is 11.3. The minimum atomic E-state index is -0.364. The van der Waals surface area contributed by atoms with Crippen molar-refractivity contribution in [2.24, 2.45) is 0 Å². The molecule has 5 rings (SSSR count). The van der Waals surface area contributed by atoms with Crippen LogP contribution in [0.25, 0.3) is 34.1 Å². The van der Waals surface area contributed by atoms with Gasteiger partial charge < -0.3 is 30.6 Å². The number of nitrogens with zero attached hydrogens (tertiary/aromatic N) is 2. The Kier molecular flexibility index (Phi) is 4.98. The van der Waals surface area contributed by atoms with Crippen LogP contribution in [0.2, 0.25) is 0 Å². The lowest BCUT2D eigenvalue weighted by atomic mass is 10.0. The first-order chi connectivity index (χ1) is 16.5. The summed E-state index contributed by atoms with van der Waals surface area (Å²) in [6, 6.07) is 18.3. The maximum Gasteiger partial charge on any atom is 0.203 e. The van der Waals surface area contributed by atoms with Gasteiger partial charge in [0.1, 0.15) is 0 Å². The van der Waals surface area contributed by atoms with Crippen molar-refractivity contribution in [3.63, 3.8) is 0 Å². The van der Waals surface area contributed by atoms with E-state index in [1.165, 1.54) is 9.13 Å². The van der Waals surface area contributed by atoms with Crippen LogP contribution in [0.5, 0.6) is 23.5 Å². The highest BCUT2D eigenvalue weighted by Crippen LogP contribution is 2.39. The molecule has 2 heterocycles. The number of rotatable bonds is 4. The summed E-state index contributed by atoms with van der Waals surface area (Å²) in [7, 11) is 0. The van der Waals surface area contributed by atoms with Gasteiger partial charge in [0.15, 0.2) is 0 Å². The first-order valence-electron chi connectivity index (χ1n) is 10.5. The van der Waals surface area contributed by atoms with Crippen molar-refractivity contribution in [3.05, 3.63) is 82.2 Å². The van der Waals surface area contributed by atoms with E-state index in [0.29, 0.717) is 12.5 Å². The van der Waals surface area contributed by atoms with E-state index < -0.39 is 0 Å². The Balaban J connectivity index is 1.87. The van der Waals surface area contributed by atoms with Gasteiger partial charge in [0.25, 0.3) is 0 Å². The molecule has 0 unspecified atom stereocenters. The summed E-state index contributed by atoms with van der Waals surface area (Å²) >= 11 is 0. The third-order valence-electron chi connectivity index (χ3n) is 6.12. The van der Waals surface area contributed by atoms with E-state index in [2.05, 4.69) is 0 Å². The molecular formula is C26H22N2O6. The molecule has 0 spiro atoms. The molecule has 2 aromatic heterocycles. The van der Waals surface area contributed by atoms with Crippen LogP contribution in [0, 0.1) is 0 Å². The van der Waals surface area contributed by atoms with Gasteiger partial charge in [-0.3, -0.25) is 9.13 Å². The highest BCUT2D eigenvalue weighted by Gasteiger charge is 2.27. The van der Waals surface area contributed by atoms with Crippen molar-refractivity contribution in [1.29, 1.82) is 0 Å². The first kappa shape index (κ1) is 21.1. The van der Waals surface area contributed by atoms with E-state index in [1.54, 1.807) is 0 Å². The summed E-state index contributed by atoms with van der Waals surface area (Å²) in [5.74, 6) is -1.46. The molecule has 34 heavy (non-hydrogen) atoms. The van der Waals surface area contributed by atoms with Crippen LogP contribution in [0.1, 0.15) is 11.1 Å². The van der Waals surface area contributed by atoms with Crippen LogP contribution in [-0.4, -0.2) is 39.8 Å². The number of fused-ring (bicyclic) bond motifs is 2. The Hall–Kier alpha value is -4.72. The molecule has 0 aliphatic carbocycles. The number of aliphatic hydroxyl groups is 2. The Morgan fingerprint density at radius 2 is 0.794 bits per heavy atom. The van der Waals surface area contributed by atoms with Crippen LogP contribution in [0.3, 0.4) is 0 Å². The van der Waals surface area contributed by atoms with Crippen molar-refractivity contribution in [3.8, 4) is 23.5 Å². The Labute approximate surface area is 193 Å². The average molecular weight is 458 g/mol. The molecule has 0 aliphatic heterocycles. The largest absolute Gasteiger partial charge is 0.515 e. The monoisotopic (exact) mass is 458 g/mol. The van der Waals surface area contributed by atoms with Gasteiger partial charge in [-0.05, 0) is 11.1 Å². The summed E-state index contributed by atoms with van der Waals surface area (Å²) in [5, 5.41) is 64.5. The van der Waals surface area contributed by atoms with Crippen molar-refractivity contribution in [2.45, 2.75) is 13.1 Å². The Morgan fingerprint density at radius 1 is 0.500 bits per heavy atom. The molecule has 172 valence electrons. The Morgan fingerprint density at radius 3 is 1.06 bits per heavy atom. The van der Waals surface area contributed by atoms with Crippen LogP contribution < -0.4 is 10.4 Å². The molecule has 0 radical (unpaired) electrons. The van der Waals surface area contributed by atoms with E-state index in [4.69, 9.17) is 0 Å². The summed E-state index contributed by atoms with van der Waals surface area (Å²) in [6.07, 6.45) is 1.40. The lowest BCUT2D eigenvalue weighted by Crippen LogP contribution is -2.12. The second kappa shape index (κ2) is 8.00. The maximum absolute atomic E-state index is 11.1. The number of aliphatic hydroxyl groups excluding tert-OH is 2. The molecular weight excluding hydrogens is 436 g/mol. The quantitative estimate of drug-likeness (QED) is 0.245. The van der Waals surface area contributed by atoms with E-state index in [-0.39, 0.29) is 68.6 Å². The highest BCUT2D eigenvalue weighted by atomic mass is 16.3. The second-order valence-corrected chi connectivity index (χ2v) is 8.02. The third kappa shape index (κ3) is 3.00. The fourth-order valence-electron chi connectivity index (χ4n) is 4.55. The number of aromatic nitrogens is 2. The van der Waals surface area contributed by atoms with Crippen molar-refractivity contribution in [2.75, 3.05) is 0 Å². The van der Waals surface area contributed by atoms with Crippen molar-refractivity contribution < 1.29 is 30.6 Å². The standard InChI is InChI=1S/C26H22N2O6/c29-13-17-19-20(24(32)27(23(19)31)11-15-7-3-1-4-8-15)18(14-30)22-21(17)25(33)28(26(22)34)12-16-9-5-2-6-10-16/h1-10,13-14,29-34H,11-12H2. The molecule has 0 fully saturated rings. The number of hydrogen-bond acceptors (Lipinski definition) is 6. The molecule has 0 bridgehead atoms. The van der Waals surface area contributed by atoms with Crippen LogP contribution in [0.15, 0.2) is 60.7 Å². The zero-order valence-electron chi connectivity index (χ0n) is 17.9. The van der Waals surface area contributed by atoms with Gasteiger partial charge in [-0.1, -0.05) is 60.7 Å². The van der Waals surface area contributed by atoms with Crippen molar-refractivity contribution in [1.82, 2.24) is 9.13 Å². The molecule has 0 amide bonds. The Bertz CT molecular complexity index is 1460. The van der Waals surface area contributed by atoms with E-state index in [1.807, 2.05) is 60.7 Å². The predicted molar refractivity (Wildman–Crippen MR) is 129 cm³/mol. The maximum atomic E-state index is 11.1. The molecule has 0 saturated heterocycles. The number of hydrogen-bond donors (Lipinski definition) is 6. The van der Waals surface area contributed by atoms with Gasteiger partial charge in [-0.15, -0.1) is 0 Å². The summed E-state index contributed by atoms with van der Waals surface area (Å²) in [5.41, 5.74) is 1.59. The van der Waals surface area contributed by atoms with Gasteiger partial charge in [-0.25, -0.2) is 0 Å².